The number of aromatic nitrogens is 2. The molecule has 17 heteroatoms. The Balaban J connectivity index is 0.000000515. The molecule has 3 amide bonds. The maximum atomic E-state index is 13.7. The number of alkyl halides is 6. The van der Waals surface area contributed by atoms with Gasteiger partial charge in [0.25, 0.3) is 0 Å². The Hall–Kier alpha value is -4.12. The monoisotopic (exact) mass is 657 g/mol. The number of carboxylic acids is 1. The lowest BCUT2D eigenvalue weighted by atomic mass is 10.0. The zero-order valence-electron chi connectivity index (χ0n) is 23.8. The Morgan fingerprint density at radius 2 is 1.71 bits per heavy atom. The van der Waals surface area contributed by atoms with Crippen LogP contribution in [0.25, 0.3) is 21.5 Å². The Morgan fingerprint density at radius 3 is 2.22 bits per heavy atom. The number of piperidine rings is 1. The lowest BCUT2D eigenvalue weighted by molar-refractivity contribution is -0.192. The maximum Gasteiger partial charge on any atom is 0.490 e. The van der Waals surface area contributed by atoms with Crippen molar-refractivity contribution >= 4 is 50.9 Å². The first-order chi connectivity index (χ1) is 20.8. The van der Waals surface area contributed by atoms with Gasteiger partial charge in [-0.1, -0.05) is 13.8 Å². The minimum atomic E-state index is -5.08. The summed E-state index contributed by atoms with van der Waals surface area (Å²) in [6.45, 7) is 6.39. The third-order valence-corrected chi connectivity index (χ3v) is 9.22. The summed E-state index contributed by atoms with van der Waals surface area (Å²) in [5, 5.41) is 12.9. The summed E-state index contributed by atoms with van der Waals surface area (Å²) >= 11 is 1.24. The Kier molecular flexibility index (Phi) is 7.92. The van der Waals surface area contributed by atoms with Crippen molar-refractivity contribution in [3.05, 3.63) is 40.5 Å². The lowest BCUT2D eigenvalue weighted by Crippen LogP contribution is -2.48. The second-order valence-electron chi connectivity index (χ2n) is 11.5. The second kappa shape index (κ2) is 11.0. The zero-order chi connectivity index (χ0) is 33.2. The Bertz CT molecular complexity index is 1710. The predicted octanol–water partition coefficient (Wildman–Crippen LogP) is 4.62. The quantitative estimate of drug-likeness (QED) is 0.267. The van der Waals surface area contributed by atoms with Crippen molar-refractivity contribution in [1.29, 1.82) is 0 Å². The van der Waals surface area contributed by atoms with E-state index in [0.717, 1.165) is 6.07 Å². The Morgan fingerprint density at radius 1 is 1.11 bits per heavy atom. The number of halogens is 6. The van der Waals surface area contributed by atoms with Gasteiger partial charge in [0.1, 0.15) is 5.69 Å². The predicted molar refractivity (Wildman–Crippen MR) is 148 cm³/mol. The number of hydrogen-bond donors (Lipinski definition) is 3. The number of amides is 3. The first-order valence-corrected chi connectivity index (χ1v) is 14.3. The molecule has 0 bridgehead atoms. The van der Waals surface area contributed by atoms with Crippen molar-refractivity contribution in [1.82, 2.24) is 20.2 Å². The number of aryl methyl sites for hydroxylation is 1. The highest BCUT2D eigenvalue weighted by atomic mass is 32.1. The highest BCUT2D eigenvalue weighted by molar-refractivity contribution is 7.19. The van der Waals surface area contributed by atoms with E-state index in [0.29, 0.717) is 33.7 Å². The van der Waals surface area contributed by atoms with Crippen LogP contribution in [0, 0.1) is 30.1 Å². The lowest BCUT2D eigenvalue weighted by Gasteiger charge is -2.27. The molecule has 0 spiro atoms. The maximum absolute atomic E-state index is 13.7. The fourth-order valence-corrected chi connectivity index (χ4v) is 6.55. The number of anilines is 1. The van der Waals surface area contributed by atoms with E-state index < -0.39 is 24.0 Å². The standard InChI is InChI=1S/C26H24F3N5O3S.C2HF3O2/c1-11-6-16(26(27,28)29)32-20(19(11)33-22(35)12-8-30-9-12)14-4-5-31-15-7-13(38-21(14)15)10-34-23(36)17-18(24(34)37)25(17,2)3;3-2(4,5)1(6)7/h4-7,12,17-18,30H,8-10H2,1-3H3,(H,33,35);(H,6,7). The third-order valence-electron chi connectivity index (χ3n) is 8.07. The van der Waals surface area contributed by atoms with Crippen LogP contribution in [0.15, 0.2) is 24.4 Å². The van der Waals surface area contributed by atoms with Gasteiger partial charge in [0, 0.05) is 29.7 Å². The third kappa shape index (κ3) is 5.97. The summed E-state index contributed by atoms with van der Waals surface area (Å²) in [7, 11) is 0. The Labute approximate surface area is 254 Å². The topological polar surface area (TPSA) is 142 Å². The van der Waals surface area contributed by atoms with Crippen molar-refractivity contribution in [3.8, 4) is 11.3 Å². The molecule has 240 valence electrons. The van der Waals surface area contributed by atoms with Crippen molar-refractivity contribution in [2.24, 2.45) is 23.2 Å². The van der Waals surface area contributed by atoms with Crippen LogP contribution in [0.2, 0.25) is 0 Å². The van der Waals surface area contributed by atoms with E-state index >= 15 is 0 Å². The number of pyridine rings is 2. The molecule has 1 aliphatic carbocycles. The molecule has 6 rings (SSSR count). The molecule has 3 fully saturated rings. The SMILES string of the molecule is Cc1cc(C(F)(F)F)nc(-c2ccnc3cc(CN4C(=O)C5C(C4=O)C5(C)C)sc23)c1NC(=O)C1CNC1.O=C(O)C(F)(F)F. The van der Waals surface area contributed by atoms with Crippen LogP contribution >= 0.6 is 11.3 Å². The van der Waals surface area contributed by atoms with Gasteiger partial charge in [-0.15, -0.1) is 11.3 Å². The van der Waals surface area contributed by atoms with E-state index in [9.17, 15) is 40.7 Å². The van der Waals surface area contributed by atoms with E-state index in [-0.39, 0.29) is 64.4 Å². The number of hydrogen-bond acceptors (Lipinski definition) is 8. The van der Waals surface area contributed by atoms with E-state index in [1.54, 1.807) is 12.1 Å². The summed E-state index contributed by atoms with van der Waals surface area (Å²) in [6, 6.07) is 4.22. The molecular formula is C28H25F6N5O5S. The summed E-state index contributed by atoms with van der Waals surface area (Å²) in [5.74, 6) is -4.31. The molecule has 3 aromatic heterocycles. The fourth-order valence-electron chi connectivity index (χ4n) is 5.44. The number of nitrogens with one attached hydrogen (secondary N) is 2. The van der Waals surface area contributed by atoms with Crippen molar-refractivity contribution in [2.45, 2.75) is 39.7 Å². The number of rotatable bonds is 5. The van der Waals surface area contributed by atoms with Gasteiger partial charge in [-0.25, -0.2) is 9.78 Å². The minimum absolute atomic E-state index is 0.00456. The normalized spacial score (nSPS) is 20.8. The number of imide groups is 1. The van der Waals surface area contributed by atoms with Crippen LogP contribution in [-0.2, 0) is 31.9 Å². The highest BCUT2D eigenvalue weighted by Crippen LogP contribution is 2.63. The number of fused-ring (bicyclic) bond motifs is 2. The fraction of sp³-hybridized carbons (Fsp3) is 0.429. The van der Waals surface area contributed by atoms with Crippen LogP contribution < -0.4 is 10.6 Å². The van der Waals surface area contributed by atoms with Gasteiger partial charge in [0.15, 0.2) is 0 Å². The molecule has 3 N–H and O–H groups in total. The average Bonchev–Trinajstić information content (AvgIpc) is 3.13. The van der Waals surface area contributed by atoms with Crippen molar-refractivity contribution in [3.63, 3.8) is 0 Å². The van der Waals surface area contributed by atoms with E-state index in [2.05, 4.69) is 20.6 Å². The molecule has 10 nitrogen and oxygen atoms in total. The second-order valence-corrected chi connectivity index (χ2v) is 12.7. The number of carboxylic acid groups (broad SMARTS) is 1. The van der Waals surface area contributed by atoms with Gasteiger partial charge in [-0.2, -0.15) is 26.3 Å². The summed E-state index contributed by atoms with van der Waals surface area (Å²) in [5.41, 5.74) is -0.0530. The first kappa shape index (κ1) is 32.3. The van der Waals surface area contributed by atoms with Crippen LogP contribution in [-0.4, -0.2) is 62.9 Å². The van der Waals surface area contributed by atoms with Gasteiger partial charge in [-0.05, 0) is 36.1 Å². The summed E-state index contributed by atoms with van der Waals surface area (Å²) in [6.07, 6.45) is -8.30. The molecule has 2 unspecified atom stereocenters. The minimum Gasteiger partial charge on any atom is -0.475 e. The molecule has 2 atom stereocenters. The smallest absolute Gasteiger partial charge is 0.475 e. The van der Waals surface area contributed by atoms with Gasteiger partial charge in [0.2, 0.25) is 17.7 Å². The molecule has 2 aliphatic heterocycles. The van der Waals surface area contributed by atoms with Crippen LogP contribution in [0.1, 0.15) is 30.0 Å². The van der Waals surface area contributed by atoms with Gasteiger partial charge >= 0.3 is 18.3 Å². The number of carbonyl (C=O) groups is 4. The van der Waals surface area contributed by atoms with Crippen molar-refractivity contribution < 1.29 is 50.6 Å². The number of nitrogens with zero attached hydrogens (tertiary/aromatic N) is 3. The molecule has 45 heavy (non-hydrogen) atoms. The molecule has 0 aromatic carbocycles. The average molecular weight is 658 g/mol. The van der Waals surface area contributed by atoms with Crippen LogP contribution in [0.5, 0.6) is 0 Å². The zero-order valence-corrected chi connectivity index (χ0v) is 24.6. The number of thiophene rings is 1. The first-order valence-electron chi connectivity index (χ1n) is 13.5. The van der Waals surface area contributed by atoms with Crippen LogP contribution in [0.3, 0.4) is 0 Å². The largest absolute Gasteiger partial charge is 0.490 e. The number of likely N-dealkylation sites (tertiary alicyclic amines) is 1. The number of carbonyl (C=O) groups excluding carboxylic acids is 3. The van der Waals surface area contributed by atoms with Crippen LogP contribution in [0.4, 0.5) is 32.0 Å². The molecule has 2 saturated heterocycles. The van der Waals surface area contributed by atoms with E-state index in [1.165, 1.54) is 29.4 Å². The molecular weight excluding hydrogens is 632 g/mol. The molecule has 1 saturated carbocycles. The number of aliphatic carboxylic acids is 1. The van der Waals surface area contributed by atoms with E-state index in [1.807, 2.05) is 13.8 Å². The van der Waals surface area contributed by atoms with Gasteiger partial charge < -0.3 is 15.7 Å². The molecule has 0 radical (unpaired) electrons. The van der Waals surface area contributed by atoms with Gasteiger partial charge in [0.05, 0.1) is 45.9 Å². The van der Waals surface area contributed by atoms with Crippen molar-refractivity contribution in [2.75, 3.05) is 18.4 Å². The molecule has 3 aliphatic rings. The summed E-state index contributed by atoms with van der Waals surface area (Å²) < 4.78 is 73.5. The molecule has 5 heterocycles. The highest BCUT2D eigenvalue weighted by Gasteiger charge is 2.72. The van der Waals surface area contributed by atoms with Gasteiger partial charge in [-0.3, -0.25) is 24.3 Å². The molecule has 3 aromatic rings. The van der Waals surface area contributed by atoms with E-state index in [4.69, 9.17) is 9.90 Å². The summed E-state index contributed by atoms with van der Waals surface area (Å²) in [4.78, 5) is 57.5.